The number of hydrogen-bond acceptors (Lipinski definition) is 3. The molecule has 0 unspecified atom stereocenters. The number of nitrogens with zero attached hydrogens (tertiary/aromatic N) is 5. The minimum absolute atomic E-state index is 0.00104. The van der Waals surface area contributed by atoms with Crippen molar-refractivity contribution in [1.29, 1.82) is 0 Å². The second-order valence-electron chi connectivity index (χ2n) is 6.26. The molecule has 0 atom stereocenters. The van der Waals surface area contributed by atoms with E-state index in [4.69, 9.17) is 0 Å². The highest BCUT2D eigenvalue weighted by Gasteiger charge is 2.20. The molecule has 0 aliphatic rings. The molecule has 0 fully saturated rings. The first-order chi connectivity index (χ1) is 9.79. The lowest BCUT2D eigenvalue weighted by Gasteiger charge is -2.13. The zero-order valence-electron chi connectivity index (χ0n) is 12.8. The van der Waals surface area contributed by atoms with Gasteiger partial charge in [0.05, 0.1) is 21.6 Å². The first-order valence-corrected chi connectivity index (χ1v) is 7.65. The Hall–Kier alpha value is -1.69. The Kier molecular flexibility index (Phi) is 3.16. The van der Waals surface area contributed by atoms with Crippen LogP contribution in [0.2, 0.25) is 0 Å². The molecule has 0 saturated carbocycles. The third-order valence-electron chi connectivity index (χ3n) is 3.54. The molecule has 0 radical (unpaired) electrons. The summed E-state index contributed by atoms with van der Waals surface area (Å²) in [4.78, 5) is 4.51. The average molecular weight is 348 g/mol. The van der Waals surface area contributed by atoms with Crippen molar-refractivity contribution in [3.05, 3.63) is 40.0 Å². The van der Waals surface area contributed by atoms with Gasteiger partial charge in [-0.1, -0.05) is 20.8 Å². The van der Waals surface area contributed by atoms with Gasteiger partial charge in [0.15, 0.2) is 5.82 Å². The van der Waals surface area contributed by atoms with Gasteiger partial charge in [-0.25, -0.2) is 14.2 Å². The van der Waals surface area contributed by atoms with Crippen molar-refractivity contribution in [2.45, 2.75) is 40.0 Å². The fourth-order valence-electron chi connectivity index (χ4n) is 2.27. The maximum absolute atomic E-state index is 4.65. The largest absolute Gasteiger partial charge is 0.235 e. The van der Waals surface area contributed by atoms with Crippen LogP contribution in [0.1, 0.15) is 37.9 Å². The van der Waals surface area contributed by atoms with E-state index >= 15 is 0 Å². The molecule has 0 aromatic carbocycles. The van der Waals surface area contributed by atoms with Gasteiger partial charge in [0, 0.05) is 17.8 Å². The summed E-state index contributed by atoms with van der Waals surface area (Å²) in [5.74, 6) is 0.798. The summed E-state index contributed by atoms with van der Waals surface area (Å²) in [5, 5.41) is 9.22. The normalized spacial score (nSPS) is 12.3. The second kappa shape index (κ2) is 4.66. The van der Waals surface area contributed by atoms with E-state index in [1.54, 1.807) is 6.20 Å². The van der Waals surface area contributed by atoms with Crippen LogP contribution in [0, 0.1) is 13.8 Å². The topological polar surface area (TPSA) is 48.0 Å². The molecular weight excluding hydrogens is 330 g/mol. The molecule has 0 aliphatic carbocycles. The Morgan fingerprint density at radius 3 is 2.43 bits per heavy atom. The van der Waals surface area contributed by atoms with Gasteiger partial charge < -0.3 is 0 Å². The van der Waals surface area contributed by atoms with E-state index in [1.807, 2.05) is 29.2 Å². The molecule has 3 rings (SSSR count). The molecule has 6 heteroatoms. The maximum Gasteiger partial charge on any atom is 0.179 e. The zero-order chi connectivity index (χ0) is 15.4. The number of rotatable bonds is 1. The number of halogens is 1. The minimum Gasteiger partial charge on any atom is -0.235 e. The van der Waals surface area contributed by atoms with Crippen LogP contribution in [0.5, 0.6) is 0 Å². The van der Waals surface area contributed by atoms with Crippen molar-refractivity contribution in [2.24, 2.45) is 0 Å². The molecule has 110 valence electrons. The maximum atomic E-state index is 4.65. The van der Waals surface area contributed by atoms with Crippen LogP contribution in [0.15, 0.2) is 22.9 Å². The van der Waals surface area contributed by atoms with E-state index in [2.05, 4.69) is 57.9 Å². The highest BCUT2D eigenvalue weighted by Crippen LogP contribution is 2.27. The molecule has 0 N–H and O–H groups in total. The van der Waals surface area contributed by atoms with Gasteiger partial charge in [-0.05, 0) is 35.8 Å². The fourth-order valence-corrected chi connectivity index (χ4v) is 2.52. The predicted octanol–water partition coefficient (Wildman–Crippen LogP) is 3.59. The molecule has 0 aliphatic heterocycles. The number of aromatic nitrogens is 5. The van der Waals surface area contributed by atoms with Gasteiger partial charge in [-0.2, -0.15) is 10.2 Å². The average Bonchev–Trinajstić information content (AvgIpc) is 2.95. The highest BCUT2D eigenvalue weighted by molar-refractivity contribution is 9.10. The Morgan fingerprint density at radius 2 is 1.86 bits per heavy atom. The summed E-state index contributed by atoms with van der Waals surface area (Å²) in [7, 11) is 0. The standard InChI is InChI=1S/C15H18BrN5/c1-9-13(16)10(2)21(18-9)14-11-8-12(15(3,4)5)19-20(11)7-6-17-14/h6-8H,1-5H3. The van der Waals surface area contributed by atoms with E-state index in [9.17, 15) is 0 Å². The molecule has 3 heterocycles. The first-order valence-electron chi connectivity index (χ1n) is 6.86. The molecule has 5 nitrogen and oxygen atoms in total. The number of fused-ring (bicyclic) bond motifs is 1. The Labute approximate surface area is 132 Å². The fraction of sp³-hybridized carbons (Fsp3) is 0.400. The molecule has 3 aromatic heterocycles. The molecule has 0 saturated heterocycles. The van der Waals surface area contributed by atoms with Gasteiger partial charge in [0.2, 0.25) is 0 Å². The summed E-state index contributed by atoms with van der Waals surface area (Å²) in [5.41, 5.74) is 3.98. The van der Waals surface area contributed by atoms with Gasteiger partial charge in [0.25, 0.3) is 0 Å². The van der Waals surface area contributed by atoms with Crippen LogP contribution >= 0.6 is 15.9 Å². The quantitative estimate of drug-likeness (QED) is 0.675. The predicted molar refractivity (Wildman–Crippen MR) is 86.0 cm³/mol. The monoisotopic (exact) mass is 347 g/mol. The van der Waals surface area contributed by atoms with Crippen LogP contribution < -0.4 is 0 Å². The van der Waals surface area contributed by atoms with Crippen LogP contribution in [0.3, 0.4) is 0 Å². The summed E-state index contributed by atoms with van der Waals surface area (Å²) in [6, 6.07) is 2.09. The third kappa shape index (κ3) is 2.27. The minimum atomic E-state index is -0.00104. The Balaban J connectivity index is 2.28. The lowest BCUT2D eigenvalue weighted by atomic mass is 9.92. The Morgan fingerprint density at radius 1 is 1.14 bits per heavy atom. The molecule has 3 aromatic rings. The van der Waals surface area contributed by atoms with Gasteiger partial charge in [-0.3, -0.25) is 0 Å². The van der Waals surface area contributed by atoms with E-state index in [-0.39, 0.29) is 5.41 Å². The van der Waals surface area contributed by atoms with E-state index in [0.717, 1.165) is 32.9 Å². The molecule has 0 amide bonds. The summed E-state index contributed by atoms with van der Waals surface area (Å²) >= 11 is 3.56. The van der Waals surface area contributed by atoms with Crippen molar-refractivity contribution in [1.82, 2.24) is 24.4 Å². The lowest BCUT2D eigenvalue weighted by molar-refractivity contribution is 0.562. The van der Waals surface area contributed by atoms with Crippen molar-refractivity contribution < 1.29 is 0 Å². The summed E-state index contributed by atoms with van der Waals surface area (Å²) in [6.07, 6.45) is 3.63. The summed E-state index contributed by atoms with van der Waals surface area (Å²) < 4.78 is 4.75. The van der Waals surface area contributed by atoms with Crippen LogP contribution in [-0.2, 0) is 5.41 Å². The van der Waals surface area contributed by atoms with Gasteiger partial charge in [-0.15, -0.1) is 0 Å². The molecule has 0 bridgehead atoms. The zero-order valence-corrected chi connectivity index (χ0v) is 14.4. The number of aryl methyl sites for hydroxylation is 1. The molecule has 0 spiro atoms. The lowest BCUT2D eigenvalue weighted by Crippen LogP contribution is -2.11. The van der Waals surface area contributed by atoms with Gasteiger partial charge >= 0.3 is 0 Å². The van der Waals surface area contributed by atoms with Crippen molar-refractivity contribution in [3.8, 4) is 5.82 Å². The molecule has 21 heavy (non-hydrogen) atoms. The SMILES string of the molecule is Cc1nn(-c2nccn3nc(C(C)(C)C)cc23)c(C)c1Br. The van der Waals surface area contributed by atoms with Gasteiger partial charge in [0.1, 0.15) is 5.52 Å². The number of hydrogen-bond donors (Lipinski definition) is 0. The van der Waals surface area contributed by atoms with Crippen LogP contribution in [0.4, 0.5) is 0 Å². The smallest absolute Gasteiger partial charge is 0.179 e. The highest BCUT2D eigenvalue weighted by atomic mass is 79.9. The summed E-state index contributed by atoms with van der Waals surface area (Å²) in [6.45, 7) is 10.5. The third-order valence-corrected chi connectivity index (χ3v) is 4.69. The van der Waals surface area contributed by atoms with Crippen molar-refractivity contribution in [3.63, 3.8) is 0 Å². The Bertz CT molecular complexity index is 823. The molecular formula is C15H18BrN5. The van der Waals surface area contributed by atoms with E-state index < -0.39 is 0 Å². The first kappa shape index (κ1) is 14.3. The van der Waals surface area contributed by atoms with Crippen LogP contribution in [0.25, 0.3) is 11.3 Å². The van der Waals surface area contributed by atoms with Crippen molar-refractivity contribution >= 4 is 21.4 Å². The van der Waals surface area contributed by atoms with Crippen LogP contribution in [-0.4, -0.2) is 24.4 Å². The van der Waals surface area contributed by atoms with Crippen molar-refractivity contribution in [2.75, 3.05) is 0 Å². The van der Waals surface area contributed by atoms with E-state index in [0.29, 0.717) is 0 Å². The second-order valence-corrected chi connectivity index (χ2v) is 7.05. The van der Waals surface area contributed by atoms with E-state index in [1.165, 1.54) is 0 Å².